The molecule has 0 radical (unpaired) electrons. The number of phenolic OH excluding ortho intramolecular Hbond substituents is 1. The highest BCUT2D eigenvalue weighted by Gasteiger charge is 2.26. The molecular formula is C26H27NO4S. The van der Waals surface area contributed by atoms with E-state index in [1.54, 1.807) is 18.2 Å². The molecule has 2 N–H and O–H groups in total. The van der Waals surface area contributed by atoms with Gasteiger partial charge in [-0.05, 0) is 60.2 Å². The van der Waals surface area contributed by atoms with Gasteiger partial charge >= 0.3 is 5.97 Å². The summed E-state index contributed by atoms with van der Waals surface area (Å²) < 4.78 is 0. The van der Waals surface area contributed by atoms with Gasteiger partial charge in [0.15, 0.2) is 0 Å². The number of aryl methyl sites for hydroxylation is 1. The summed E-state index contributed by atoms with van der Waals surface area (Å²) in [7, 11) is 0. The van der Waals surface area contributed by atoms with E-state index in [0.717, 1.165) is 23.1 Å². The second kappa shape index (κ2) is 11.4. The fourth-order valence-corrected chi connectivity index (χ4v) is 3.95. The molecule has 1 atom stereocenters. The largest absolute Gasteiger partial charge is 0.508 e. The van der Waals surface area contributed by atoms with Gasteiger partial charge in [0.25, 0.3) is 0 Å². The molecule has 1 unspecified atom stereocenters. The number of nitrogens with zero attached hydrogens (tertiary/aromatic N) is 1. The number of aromatic hydroxyl groups is 1. The van der Waals surface area contributed by atoms with Crippen molar-refractivity contribution in [2.75, 3.05) is 17.2 Å². The molecule has 0 aliphatic heterocycles. The van der Waals surface area contributed by atoms with Crippen molar-refractivity contribution in [2.45, 2.75) is 19.3 Å². The number of rotatable bonds is 10. The molecule has 3 aromatic rings. The average molecular weight is 450 g/mol. The molecule has 3 rings (SSSR count). The summed E-state index contributed by atoms with van der Waals surface area (Å²) in [5.41, 5.74) is 3.64. The van der Waals surface area contributed by atoms with E-state index in [1.165, 1.54) is 4.90 Å². The third-order valence-electron chi connectivity index (χ3n) is 5.32. The van der Waals surface area contributed by atoms with Crippen LogP contribution in [0.2, 0.25) is 0 Å². The summed E-state index contributed by atoms with van der Waals surface area (Å²) in [4.78, 5) is 26.2. The number of carboxylic acids is 1. The van der Waals surface area contributed by atoms with E-state index in [-0.39, 0.29) is 11.7 Å². The van der Waals surface area contributed by atoms with Crippen LogP contribution in [0.4, 0.5) is 5.69 Å². The minimum absolute atomic E-state index is 0.203. The zero-order valence-electron chi connectivity index (χ0n) is 17.7. The number of hydrogen-bond donors (Lipinski definition) is 3. The van der Waals surface area contributed by atoms with E-state index in [1.807, 2.05) is 60.7 Å². The van der Waals surface area contributed by atoms with E-state index >= 15 is 0 Å². The van der Waals surface area contributed by atoms with Crippen LogP contribution in [0.5, 0.6) is 5.75 Å². The van der Waals surface area contributed by atoms with Gasteiger partial charge in [0.05, 0.1) is 0 Å². The van der Waals surface area contributed by atoms with Crippen LogP contribution in [0, 0.1) is 5.92 Å². The number of phenols is 1. The molecule has 6 heteroatoms. The second-order valence-electron chi connectivity index (χ2n) is 7.74. The van der Waals surface area contributed by atoms with Crippen molar-refractivity contribution in [3.05, 3.63) is 95.6 Å². The van der Waals surface area contributed by atoms with Gasteiger partial charge < -0.3 is 15.1 Å². The molecule has 0 aliphatic rings. The number of carboxylic acid groups (broad SMARTS) is 1. The van der Waals surface area contributed by atoms with Gasteiger partial charge in [-0.25, -0.2) is 0 Å². The molecule has 0 aromatic heterocycles. The Kier molecular flexibility index (Phi) is 8.34. The Hall–Kier alpha value is -3.25. The van der Waals surface area contributed by atoms with Crippen LogP contribution in [-0.4, -0.2) is 34.4 Å². The molecule has 0 heterocycles. The van der Waals surface area contributed by atoms with Crippen molar-refractivity contribution in [3.63, 3.8) is 0 Å². The smallest absolute Gasteiger partial charge is 0.323 e. The highest BCUT2D eigenvalue weighted by atomic mass is 32.1. The van der Waals surface area contributed by atoms with E-state index in [9.17, 15) is 19.8 Å². The molecule has 166 valence electrons. The normalized spacial score (nSPS) is 11.7. The Morgan fingerprint density at radius 2 is 1.56 bits per heavy atom. The van der Waals surface area contributed by atoms with E-state index in [2.05, 4.69) is 12.6 Å². The van der Waals surface area contributed by atoms with Crippen LogP contribution in [0.15, 0.2) is 78.9 Å². The maximum atomic E-state index is 13.3. The second-order valence-corrected chi connectivity index (χ2v) is 8.10. The van der Waals surface area contributed by atoms with Crippen LogP contribution >= 0.6 is 12.6 Å². The predicted molar refractivity (Wildman–Crippen MR) is 129 cm³/mol. The molecule has 3 aromatic carbocycles. The number of amides is 1. The quantitative estimate of drug-likeness (QED) is 0.396. The highest BCUT2D eigenvalue weighted by Crippen LogP contribution is 2.23. The van der Waals surface area contributed by atoms with Crippen molar-refractivity contribution in [1.82, 2.24) is 0 Å². The summed E-state index contributed by atoms with van der Waals surface area (Å²) in [6.45, 7) is -0.406. The first-order chi connectivity index (χ1) is 15.5. The van der Waals surface area contributed by atoms with Crippen LogP contribution in [0.1, 0.15) is 23.1 Å². The molecule has 0 spiro atoms. The monoisotopic (exact) mass is 449 g/mol. The molecule has 1 amide bonds. The Balaban J connectivity index is 1.79. The van der Waals surface area contributed by atoms with E-state index in [4.69, 9.17) is 0 Å². The van der Waals surface area contributed by atoms with Gasteiger partial charge in [-0.1, -0.05) is 54.6 Å². The average Bonchev–Trinajstić information content (AvgIpc) is 2.80. The van der Waals surface area contributed by atoms with Gasteiger partial charge in [-0.3, -0.25) is 9.59 Å². The molecule has 0 fully saturated rings. The number of carbonyl (C=O) groups excluding carboxylic acids is 1. The Bertz CT molecular complexity index is 1040. The Labute approximate surface area is 193 Å². The van der Waals surface area contributed by atoms with Gasteiger partial charge in [0, 0.05) is 17.4 Å². The molecule has 5 nitrogen and oxygen atoms in total. The lowest BCUT2D eigenvalue weighted by molar-refractivity contribution is -0.137. The topological polar surface area (TPSA) is 77.8 Å². The molecule has 0 bridgehead atoms. The summed E-state index contributed by atoms with van der Waals surface area (Å²) >= 11 is 4.38. The lowest BCUT2D eigenvalue weighted by atomic mass is 9.98. The molecule has 32 heavy (non-hydrogen) atoms. The van der Waals surface area contributed by atoms with Gasteiger partial charge in [-0.15, -0.1) is 0 Å². The number of hydrogen-bond acceptors (Lipinski definition) is 4. The van der Waals surface area contributed by atoms with Crippen molar-refractivity contribution in [3.8, 4) is 5.75 Å². The number of benzene rings is 3. The number of thiol groups is 1. The predicted octanol–water partition coefficient (Wildman–Crippen LogP) is 4.58. The standard InChI is InChI=1S/C26H27NO4S/c28-24-13-10-20(11-14-24)15-21-7-4-8-23(16-21)27(17-25(29)30)26(31)22(18-32)12-9-19-5-2-1-3-6-19/h1-8,10-11,13-14,16,22,28,32H,9,12,15,17-18H2,(H,29,30). The Morgan fingerprint density at radius 1 is 0.875 bits per heavy atom. The summed E-state index contributed by atoms with van der Waals surface area (Å²) in [6, 6.07) is 24.2. The third kappa shape index (κ3) is 6.62. The lowest BCUT2D eigenvalue weighted by Gasteiger charge is -2.26. The molecule has 0 aliphatic carbocycles. The SMILES string of the molecule is O=C(O)CN(C(=O)C(CS)CCc1ccccc1)c1cccc(Cc2ccc(O)cc2)c1. The minimum atomic E-state index is -1.07. The van der Waals surface area contributed by atoms with Crippen LogP contribution in [0.3, 0.4) is 0 Å². The van der Waals surface area contributed by atoms with Crippen molar-refractivity contribution < 1.29 is 19.8 Å². The Morgan fingerprint density at radius 3 is 2.22 bits per heavy atom. The third-order valence-corrected chi connectivity index (χ3v) is 5.76. The first-order valence-corrected chi connectivity index (χ1v) is 11.1. The molecule has 0 saturated heterocycles. The fourth-order valence-electron chi connectivity index (χ4n) is 3.61. The van der Waals surface area contributed by atoms with Crippen molar-refractivity contribution in [1.29, 1.82) is 0 Å². The van der Waals surface area contributed by atoms with Gasteiger partial charge in [0.2, 0.25) is 5.91 Å². The number of aliphatic carboxylic acids is 1. The van der Waals surface area contributed by atoms with Crippen LogP contribution < -0.4 is 4.90 Å². The van der Waals surface area contributed by atoms with E-state index < -0.39 is 18.4 Å². The maximum absolute atomic E-state index is 13.3. The van der Waals surface area contributed by atoms with Crippen LogP contribution in [0.25, 0.3) is 0 Å². The van der Waals surface area contributed by atoms with Gasteiger partial charge in [0.1, 0.15) is 12.3 Å². The highest BCUT2D eigenvalue weighted by molar-refractivity contribution is 7.80. The summed E-state index contributed by atoms with van der Waals surface area (Å²) in [6.07, 6.45) is 1.92. The summed E-state index contributed by atoms with van der Waals surface area (Å²) in [5.74, 6) is -1.15. The lowest BCUT2D eigenvalue weighted by Crippen LogP contribution is -2.40. The van der Waals surface area contributed by atoms with Crippen LogP contribution in [-0.2, 0) is 22.4 Å². The first-order valence-electron chi connectivity index (χ1n) is 10.5. The van der Waals surface area contributed by atoms with Crippen molar-refractivity contribution in [2.24, 2.45) is 5.92 Å². The zero-order chi connectivity index (χ0) is 22.9. The van der Waals surface area contributed by atoms with Crippen molar-refractivity contribution >= 4 is 30.2 Å². The number of anilines is 1. The van der Waals surface area contributed by atoms with E-state index in [0.29, 0.717) is 24.3 Å². The van der Waals surface area contributed by atoms with Gasteiger partial charge in [-0.2, -0.15) is 12.6 Å². The summed E-state index contributed by atoms with van der Waals surface area (Å²) in [5, 5.41) is 18.9. The minimum Gasteiger partial charge on any atom is -0.508 e. The molecule has 0 saturated carbocycles. The first kappa shape index (κ1) is 23.4. The molecular weight excluding hydrogens is 422 g/mol. The fraction of sp³-hybridized carbons (Fsp3) is 0.231. The number of carbonyl (C=O) groups is 2. The maximum Gasteiger partial charge on any atom is 0.323 e. The zero-order valence-corrected chi connectivity index (χ0v) is 18.6.